The van der Waals surface area contributed by atoms with Gasteiger partial charge in [-0.1, -0.05) is 38.8 Å². The zero-order valence-corrected chi connectivity index (χ0v) is 17.0. The smallest absolute Gasteiger partial charge is 0.237 e. The van der Waals surface area contributed by atoms with Crippen LogP contribution in [-0.2, 0) is 15.8 Å². The molecule has 1 aliphatic heterocycles. The Balaban J connectivity index is 1.83. The summed E-state index contributed by atoms with van der Waals surface area (Å²) >= 11 is 0. The molecule has 2 atom stereocenters. The molecule has 4 nitrogen and oxygen atoms in total. The first-order valence-corrected chi connectivity index (χ1v) is 11.8. The van der Waals surface area contributed by atoms with Crippen LogP contribution < -0.4 is 10.6 Å². The maximum Gasteiger partial charge on any atom is 0.237 e. The second kappa shape index (κ2) is 7.73. The van der Waals surface area contributed by atoms with E-state index < -0.39 is 8.32 Å². The molecule has 0 spiro atoms. The van der Waals surface area contributed by atoms with Crippen LogP contribution in [0.2, 0.25) is 18.1 Å². The molecule has 2 N–H and O–H groups in total. The Kier molecular flexibility index (Phi) is 6.10. The fraction of sp³-hybridized carbons (Fsp3) is 0.550. The van der Waals surface area contributed by atoms with Gasteiger partial charge in [0.1, 0.15) is 0 Å². The van der Waals surface area contributed by atoms with Gasteiger partial charge >= 0.3 is 0 Å². The van der Waals surface area contributed by atoms with Crippen molar-refractivity contribution in [3.63, 3.8) is 0 Å². The summed E-state index contributed by atoms with van der Waals surface area (Å²) in [6.07, 6.45) is 6.20. The highest BCUT2D eigenvalue weighted by molar-refractivity contribution is 6.74. The topological polar surface area (TPSA) is 50.4 Å². The van der Waals surface area contributed by atoms with Gasteiger partial charge < -0.3 is 15.1 Å². The summed E-state index contributed by atoms with van der Waals surface area (Å²) in [6.45, 7) is 12.4. The van der Waals surface area contributed by atoms with E-state index in [0.717, 1.165) is 24.1 Å². The first kappa shape index (κ1) is 19.7. The number of amides is 1. The lowest BCUT2D eigenvalue weighted by Gasteiger charge is -2.38. The second-order valence-electron chi connectivity index (χ2n) is 8.26. The predicted molar refractivity (Wildman–Crippen MR) is 105 cm³/mol. The summed E-state index contributed by atoms with van der Waals surface area (Å²) in [5, 5.41) is 6.47. The third kappa shape index (κ3) is 5.18. The number of carbonyl (C=O) groups excluding carboxylic acids is 1. The van der Waals surface area contributed by atoms with Crippen LogP contribution in [0.3, 0.4) is 0 Å². The van der Waals surface area contributed by atoms with Gasteiger partial charge in [-0.2, -0.15) is 0 Å². The minimum absolute atomic E-state index is 0.0300. The Morgan fingerprint density at radius 3 is 2.56 bits per heavy atom. The number of terminal acetylenes is 1. The highest BCUT2D eigenvalue weighted by Gasteiger charge is 2.41. The monoisotopic (exact) mass is 358 g/mol. The molecule has 1 aromatic rings. The lowest BCUT2D eigenvalue weighted by Crippen LogP contribution is -2.44. The highest BCUT2D eigenvalue weighted by atomic mass is 28.4. The van der Waals surface area contributed by atoms with Crippen molar-refractivity contribution in [1.29, 1.82) is 0 Å². The maximum absolute atomic E-state index is 12.4. The minimum Gasteiger partial charge on any atom is -0.413 e. The van der Waals surface area contributed by atoms with Gasteiger partial charge in [0.25, 0.3) is 0 Å². The molecule has 0 aromatic heterocycles. The van der Waals surface area contributed by atoms with Crippen molar-refractivity contribution in [2.75, 3.05) is 6.54 Å². The largest absolute Gasteiger partial charge is 0.413 e. The van der Waals surface area contributed by atoms with Crippen molar-refractivity contribution in [1.82, 2.24) is 10.6 Å². The summed E-state index contributed by atoms with van der Waals surface area (Å²) in [5.74, 6) is 2.62. The van der Waals surface area contributed by atoms with Crippen molar-refractivity contribution in [2.24, 2.45) is 0 Å². The number of hydrogen-bond acceptors (Lipinski definition) is 3. The quantitative estimate of drug-likeness (QED) is 0.628. The minimum atomic E-state index is -1.80. The van der Waals surface area contributed by atoms with Gasteiger partial charge in [0.05, 0.1) is 12.1 Å². The summed E-state index contributed by atoms with van der Waals surface area (Å²) in [7, 11) is -1.80. The van der Waals surface area contributed by atoms with E-state index in [1.165, 1.54) is 0 Å². The van der Waals surface area contributed by atoms with E-state index in [0.29, 0.717) is 6.54 Å². The van der Waals surface area contributed by atoms with Gasteiger partial charge in [0.2, 0.25) is 5.91 Å². The molecule has 1 amide bonds. The highest BCUT2D eigenvalue weighted by Crippen LogP contribution is 2.38. The van der Waals surface area contributed by atoms with Crippen LogP contribution in [0, 0.1) is 12.3 Å². The van der Waals surface area contributed by atoms with E-state index in [1.54, 1.807) is 0 Å². The Morgan fingerprint density at radius 1 is 1.36 bits per heavy atom. The molecular weight excluding hydrogens is 328 g/mol. The lowest BCUT2D eigenvalue weighted by molar-refractivity contribution is -0.123. The molecule has 0 radical (unpaired) electrons. The van der Waals surface area contributed by atoms with Crippen LogP contribution in [-0.4, -0.2) is 32.9 Å². The average Bonchev–Trinajstić information content (AvgIpc) is 3.00. The molecule has 1 saturated heterocycles. The van der Waals surface area contributed by atoms with Gasteiger partial charge in [-0.3, -0.25) is 4.79 Å². The Hall–Kier alpha value is -1.61. The van der Waals surface area contributed by atoms with E-state index in [9.17, 15) is 4.79 Å². The number of carbonyl (C=O) groups is 1. The van der Waals surface area contributed by atoms with Crippen molar-refractivity contribution in [3.8, 4) is 12.3 Å². The maximum atomic E-state index is 12.4. The molecule has 136 valence electrons. The molecule has 0 saturated carbocycles. The lowest BCUT2D eigenvalue weighted by atomic mass is 10.1. The second-order valence-corrected chi connectivity index (χ2v) is 13.0. The number of hydrogen-bond donors (Lipinski definition) is 2. The van der Waals surface area contributed by atoms with Crippen LogP contribution in [0.1, 0.15) is 38.3 Å². The van der Waals surface area contributed by atoms with Crippen molar-refractivity contribution in [3.05, 3.63) is 35.4 Å². The van der Waals surface area contributed by atoms with Crippen LogP contribution in [0.15, 0.2) is 24.3 Å². The Bertz CT molecular complexity index is 641. The summed E-state index contributed by atoms with van der Waals surface area (Å²) in [6, 6.07) is 7.48. The number of benzene rings is 1. The van der Waals surface area contributed by atoms with E-state index in [1.807, 2.05) is 24.3 Å². The van der Waals surface area contributed by atoms with Crippen molar-refractivity contribution >= 4 is 14.2 Å². The predicted octanol–water partition coefficient (Wildman–Crippen LogP) is 3.04. The molecule has 25 heavy (non-hydrogen) atoms. The van der Waals surface area contributed by atoms with Gasteiger partial charge in [0, 0.05) is 18.7 Å². The van der Waals surface area contributed by atoms with E-state index in [4.69, 9.17) is 10.8 Å². The standard InChI is InChI=1S/C20H30N2O2Si/c1-7-15-8-10-16(11-9-15)13-22-19(23)18-12-17(14-21-18)24-25(5,6)20(2,3)4/h1,8-11,17-18,21H,12-14H2,2-6H3,(H,22,23)/t17?,18-/m0/s1. The molecule has 1 aliphatic rings. The number of nitrogens with one attached hydrogen (secondary N) is 2. The molecular formula is C20H30N2O2Si. The van der Waals surface area contributed by atoms with Gasteiger partial charge in [-0.15, -0.1) is 6.42 Å². The summed E-state index contributed by atoms with van der Waals surface area (Å²) in [5.41, 5.74) is 1.89. The third-order valence-corrected chi connectivity index (χ3v) is 9.80. The molecule has 1 aromatic carbocycles. The fourth-order valence-electron chi connectivity index (χ4n) is 2.62. The van der Waals surface area contributed by atoms with E-state index in [2.05, 4.69) is 50.4 Å². The third-order valence-electron chi connectivity index (χ3n) is 5.26. The Morgan fingerprint density at radius 2 is 2.00 bits per heavy atom. The number of rotatable bonds is 5. The molecule has 1 heterocycles. The van der Waals surface area contributed by atoms with Crippen LogP contribution in [0.4, 0.5) is 0 Å². The fourth-order valence-corrected chi connectivity index (χ4v) is 3.98. The van der Waals surface area contributed by atoms with Crippen LogP contribution >= 0.6 is 0 Å². The van der Waals surface area contributed by atoms with Gasteiger partial charge in [0.15, 0.2) is 8.32 Å². The molecule has 0 bridgehead atoms. The van der Waals surface area contributed by atoms with Crippen LogP contribution in [0.5, 0.6) is 0 Å². The molecule has 5 heteroatoms. The average molecular weight is 359 g/mol. The van der Waals surface area contributed by atoms with Gasteiger partial charge in [-0.25, -0.2) is 0 Å². The SMILES string of the molecule is C#Cc1ccc(CNC(=O)[C@@H]2CC(O[Si](C)(C)C(C)(C)C)CN2)cc1. The normalized spacial score (nSPS) is 21.0. The van der Waals surface area contributed by atoms with E-state index >= 15 is 0 Å². The zero-order chi connectivity index (χ0) is 18.7. The summed E-state index contributed by atoms with van der Waals surface area (Å²) in [4.78, 5) is 12.4. The van der Waals surface area contributed by atoms with Crippen molar-refractivity contribution in [2.45, 2.75) is 64.0 Å². The van der Waals surface area contributed by atoms with Gasteiger partial charge in [-0.05, 0) is 42.2 Å². The van der Waals surface area contributed by atoms with E-state index in [-0.39, 0.29) is 23.1 Å². The summed E-state index contributed by atoms with van der Waals surface area (Å²) < 4.78 is 6.41. The first-order chi connectivity index (χ1) is 11.6. The zero-order valence-electron chi connectivity index (χ0n) is 16.0. The molecule has 1 fully saturated rings. The molecule has 0 aliphatic carbocycles. The Labute approximate surface area is 152 Å². The van der Waals surface area contributed by atoms with Crippen LogP contribution in [0.25, 0.3) is 0 Å². The molecule has 1 unspecified atom stereocenters. The first-order valence-electron chi connectivity index (χ1n) is 8.87. The molecule has 2 rings (SSSR count). The van der Waals surface area contributed by atoms with Crippen molar-refractivity contribution < 1.29 is 9.22 Å².